The molecule has 2 rings (SSSR count). The second-order valence-corrected chi connectivity index (χ2v) is 5.26. The molecule has 1 aliphatic rings. The van der Waals surface area contributed by atoms with Crippen molar-refractivity contribution in [2.75, 3.05) is 13.2 Å². The fourth-order valence-electron chi connectivity index (χ4n) is 2.68. The van der Waals surface area contributed by atoms with E-state index in [9.17, 15) is 9.59 Å². The van der Waals surface area contributed by atoms with E-state index in [0.29, 0.717) is 11.8 Å². The van der Waals surface area contributed by atoms with E-state index in [4.69, 9.17) is 9.84 Å². The molecule has 1 aliphatic heterocycles. The van der Waals surface area contributed by atoms with E-state index in [1.54, 1.807) is 12.1 Å². The third-order valence-electron chi connectivity index (χ3n) is 3.88. The standard InChI is InChI=1S/C16H21NO4/c1-2-13-5-3-4-10-17(13)15(18)11-21-14-8-6-12(7-9-14)16(19)20/h6-9,13H,2-5,10-11H2,1H3,(H,19,20). The lowest BCUT2D eigenvalue weighted by atomic mass is 10.00. The summed E-state index contributed by atoms with van der Waals surface area (Å²) in [4.78, 5) is 24.9. The number of carboxylic acid groups (broad SMARTS) is 1. The lowest BCUT2D eigenvalue weighted by molar-refractivity contribution is -0.137. The van der Waals surface area contributed by atoms with Crippen molar-refractivity contribution in [3.05, 3.63) is 29.8 Å². The lowest BCUT2D eigenvalue weighted by Crippen LogP contribution is -2.45. The van der Waals surface area contributed by atoms with Crippen LogP contribution in [0.4, 0.5) is 0 Å². The number of aromatic carboxylic acids is 1. The summed E-state index contributed by atoms with van der Waals surface area (Å²) in [5, 5.41) is 8.82. The summed E-state index contributed by atoms with van der Waals surface area (Å²) in [7, 11) is 0. The van der Waals surface area contributed by atoms with Gasteiger partial charge in [-0.1, -0.05) is 6.92 Å². The Bertz CT molecular complexity index is 498. The van der Waals surface area contributed by atoms with Crippen LogP contribution in [0.1, 0.15) is 43.0 Å². The lowest BCUT2D eigenvalue weighted by Gasteiger charge is -2.35. The number of likely N-dealkylation sites (tertiary alicyclic amines) is 1. The van der Waals surface area contributed by atoms with Crippen LogP contribution in [0.3, 0.4) is 0 Å². The van der Waals surface area contributed by atoms with Gasteiger partial charge in [0.1, 0.15) is 5.75 Å². The molecule has 0 bridgehead atoms. The van der Waals surface area contributed by atoms with Crippen LogP contribution in [0.5, 0.6) is 5.75 Å². The van der Waals surface area contributed by atoms with Crippen molar-refractivity contribution in [1.29, 1.82) is 0 Å². The molecule has 1 heterocycles. The first-order valence-electron chi connectivity index (χ1n) is 7.37. The molecule has 1 saturated heterocycles. The number of piperidine rings is 1. The van der Waals surface area contributed by atoms with Crippen LogP contribution in [0.25, 0.3) is 0 Å². The molecule has 114 valence electrons. The zero-order chi connectivity index (χ0) is 15.2. The highest BCUT2D eigenvalue weighted by atomic mass is 16.5. The summed E-state index contributed by atoms with van der Waals surface area (Å²) in [5.41, 5.74) is 0.204. The van der Waals surface area contributed by atoms with Crippen molar-refractivity contribution in [2.45, 2.75) is 38.6 Å². The molecule has 1 N–H and O–H groups in total. The highest BCUT2D eigenvalue weighted by Crippen LogP contribution is 2.20. The zero-order valence-corrected chi connectivity index (χ0v) is 12.2. The topological polar surface area (TPSA) is 66.8 Å². The molecule has 5 nitrogen and oxygen atoms in total. The van der Waals surface area contributed by atoms with Gasteiger partial charge in [-0.15, -0.1) is 0 Å². The minimum absolute atomic E-state index is 0.00289. The van der Waals surface area contributed by atoms with Crippen molar-refractivity contribution in [1.82, 2.24) is 4.90 Å². The molecule has 21 heavy (non-hydrogen) atoms. The first-order chi connectivity index (χ1) is 10.1. The highest BCUT2D eigenvalue weighted by molar-refractivity contribution is 5.87. The second kappa shape index (κ2) is 7.11. The maximum atomic E-state index is 12.2. The van der Waals surface area contributed by atoms with Crippen LogP contribution in [-0.4, -0.2) is 41.1 Å². The molecule has 5 heteroatoms. The summed E-state index contributed by atoms with van der Waals surface area (Å²) in [6.45, 7) is 2.91. The first kappa shape index (κ1) is 15.4. The van der Waals surface area contributed by atoms with E-state index < -0.39 is 5.97 Å². The SMILES string of the molecule is CCC1CCCCN1C(=O)COc1ccc(C(=O)O)cc1. The summed E-state index contributed by atoms with van der Waals surface area (Å²) >= 11 is 0. The fraction of sp³-hybridized carbons (Fsp3) is 0.500. The Morgan fingerprint density at radius 2 is 2.00 bits per heavy atom. The van der Waals surface area contributed by atoms with Crippen molar-refractivity contribution in [2.24, 2.45) is 0 Å². The van der Waals surface area contributed by atoms with E-state index in [1.165, 1.54) is 18.6 Å². The molecule has 1 atom stereocenters. The number of carbonyl (C=O) groups excluding carboxylic acids is 1. The van der Waals surface area contributed by atoms with Crippen molar-refractivity contribution >= 4 is 11.9 Å². The molecule has 1 unspecified atom stereocenters. The normalized spacial score (nSPS) is 18.3. The van der Waals surface area contributed by atoms with Gasteiger partial charge in [-0.3, -0.25) is 4.79 Å². The van der Waals surface area contributed by atoms with Crippen LogP contribution in [0.15, 0.2) is 24.3 Å². The van der Waals surface area contributed by atoms with Gasteiger partial charge in [0.05, 0.1) is 5.56 Å². The summed E-state index contributed by atoms with van der Waals surface area (Å²) in [6.07, 6.45) is 4.27. The summed E-state index contributed by atoms with van der Waals surface area (Å²) < 4.78 is 5.46. The van der Waals surface area contributed by atoms with Gasteiger partial charge < -0.3 is 14.7 Å². The quantitative estimate of drug-likeness (QED) is 0.905. The third-order valence-corrected chi connectivity index (χ3v) is 3.88. The Kier molecular flexibility index (Phi) is 5.20. The number of nitrogens with zero attached hydrogens (tertiary/aromatic N) is 1. The molecule has 0 radical (unpaired) electrons. The van der Waals surface area contributed by atoms with Gasteiger partial charge in [0.15, 0.2) is 6.61 Å². The van der Waals surface area contributed by atoms with Crippen LogP contribution in [-0.2, 0) is 4.79 Å². The molecule has 0 spiro atoms. The Balaban J connectivity index is 1.89. The number of rotatable bonds is 5. The molecule has 1 aromatic carbocycles. The molecule has 1 aromatic rings. The van der Waals surface area contributed by atoms with Crippen molar-refractivity contribution < 1.29 is 19.4 Å². The monoisotopic (exact) mass is 291 g/mol. The van der Waals surface area contributed by atoms with E-state index in [1.807, 2.05) is 4.90 Å². The molecule has 1 fully saturated rings. The second-order valence-electron chi connectivity index (χ2n) is 5.26. The van der Waals surface area contributed by atoms with Crippen LogP contribution in [0.2, 0.25) is 0 Å². The smallest absolute Gasteiger partial charge is 0.335 e. The fourth-order valence-corrected chi connectivity index (χ4v) is 2.68. The molecule has 0 saturated carbocycles. The Labute approximate surface area is 124 Å². The minimum atomic E-state index is -0.975. The highest BCUT2D eigenvalue weighted by Gasteiger charge is 2.25. The van der Waals surface area contributed by atoms with Gasteiger partial charge in [0.2, 0.25) is 0 Å². The maximum Gasteiger partial charge on any atom is 0.335 e. The number of hydrogen-bond donors (Lipinski definition) is 1. The van der Waals surface area contributed by atoms with Crippen molar-refractivity contribution in [3.63, 3.8) is 0 Å². The van der Waals surface area contributed by atoms with Crippen LogP contribution >= 0.6 is 0 Å². The van der Waals surface area contributed by atoms with Crippen molar-refractivity contribution in [3.8, 4) is 5.75 Å². The third kappa shape index (κ3) is 3.97. The Morgan fingerprint density at radius 3 is 2.62 bits per heavy atom. The van der Waals surface area contributed by atoms with E-state index in [-0.39, 0.29) is 18.1 Å². The van der Waals surface area contributed by atoms with E-state index in [2.05, 4.69) is 6.92 Å². The van der Waals surface area contributed by atoms with Gasteiger partial charge in [-0.25, -0.2) is 4.79 Å². The van der Waals surface area contributed by atoms with Gasteiger partial charge in [-0.2, -0.15) is 0 Å². The van der Waals surface area contributed by atoms with Crippen LogP contribution in [0, 0.1) is 0 Å². The number of carboxylic acids is 1. The van der Waals surface area contributed by atoms with Gasteiger partial charge in [0.25, 0.3) is 5.91 Å². The molecular formula is C16H21NO4. The number of hydrogen-bond acceptors (Lipinski definition) is 3. The summed E-state index contributed by atoms with van der Waals surface area (Å²) in [6, 6.07) is 6.41. The molecule has 1 amide bonds. The molecule has 0 aliphatic carbocycles. The molecular weight excluding hydrogens is 270 g/mol. The van der Waals surface area contributed by atoms with Crippen LogP contribution < -0.4 is 4.74 Å². The number of amides is 1. The predicted molar refractivity (Wildman–Crippen MR) is 78.5 cm³/mol. The minimum Gasteiger partial charge on any atom is -0.484 e. The average molecular weight is 291 g/mol. The summed E-state index contributed by atoms with van der Waals surface area (Å²) in [5.74, 6) is -0.459. The average Bonchev–Trinajstić information content (AvgIpc) is 2.52. The largest absolute Gasteiger partial charge is 0.484 e. The first-order valence-corrected chi connectivity index (χ1v) is 7.37. The van der Waals surface area contributed by atoms with Gasteiger partial charge in [0, 0.05) is 12.6 Å². The predicted octanol–water partition coefficient (Wildman–Crippen LogP) is 2.55. The number of carbonyl (C=O) groups is 2. The molecule has 0 aromatic heterocycles. The number of ether oxygens (including phenoxy) is 1. The van der Waals surface area contributed by atoms with E-state index in [0.717, 1.165) is 25.8 Å². The Hall–Kier alpha value is -2.04. The van der Waals surface area contributed by atoms with Gasteiger partial charge in [-0.05, 0) is 49.9 Å². The maximum absolute atomic E-state index is 12.2. The van der Waals surface area contributed by atoms with E-state index >= 15 is 0 Å². The number of benzene rings is 1. The zero-order valence-electron chi connectivity index (χ0n) is 12.2. The Morgan fingerprint density at radius 1 is 1.29 bits per heavy atom. The van der Waals surface area contributed by atoms with Gasteiger partial charge >= 0.3 is 5.97 Å².